The predicted octanol–water partition coefficient (Wildman–Crippen LogP) is 13.1. The van der Waals surface area contributed by atoms with Crippen molar-refractivity contribution in [3.8, 4) is 17.6 Å². The molecule has 0 spiro atoms. The number of amides is 2. The third kappa shape index (κ3) is 23.5. The number of benzene rings is 4. The van der Waals surface area contributed by atoms with E-state index < -0.39 is 74.7 Å². The number of anilines is 1. The molecule has 0 bridgehead atoms. The van der Waals surface area contributed by atoms with E-state index in [1.807, 2.05) is 91.0 Å². The van der Waals surface area contributed by atoms with E-state index in [0.29, 0.717) is 30.2 Å². The van der Waals surface area contributed by atoms with Crippen LogP contribution in [0.1, 0.15) is 180 Å². The van der Waals surface area contributed by atoms with Gasteiger partial charge in [-0.15, -0.1) is 0 Å². The summed E-state index contributed by atoms with van der Waals surface area (Å²) in [6.45, 7) is 13.6. The number of ether oxygens (including phenoxy) is 8. The van der Waals surface area contributed by atoms with Gasteiger partial charge in [0.15, 0.2) is 18.5 Å². The summed E-state index contributed by atoms with van der Waals surface area (Å²) in [7, 11) is 1.57. The number of carbonyl (C=O) groups is 5. The fourth-order valence-corrected chi connectivity index (χ4v) is 12.6. The molecule has 1 heterocycles. The molecule has 0 saturated carbocycles. The number of nitriles is 1. The molecule has 1 aliphatic rings. The fraction of sp³-hybridized carbons (Fsp3) is 0.559. The Bertz CT molecular complexity index is 2710. The average molecular weight is 1240 g/mol. The summed E-state index contributed by atoms with van der Waals surface area (Å²) in [5.41, 5.74) is 2.93. The smallest absolute Gasteiger partial charge is 0.303 e. The van der Waals surface area contributed by atoms with Crippen molar-refractivity contribution >= 4 is 43.9 Å². The minimum atomic E-state index is -1.72. The highest BCUT2D eigenvalue weighted by Gasteiger charge is 2.51. The van der Waals surface area contributed by atoms with E-state index in [0.717, 1.165) is 92.9 Å². The predicted molar refractivity (Wildman–Crippen MR) is 337 cm³/mol. The van der Waals surface area contributed by atoms with E-state index in [9.17, 15) is 29.2 Å². The lowest BCUT2D eigenvalue weighted by atomic mass is 9.80. The Hall–Kier alpha value is -6.49. The van der Waals surface area contributed by atoms with Crippen LogP contribution in [0.25, 0.3) is 0 Å². The number of nitrogens with one attached hydrogen (secondary N) is 2. The summed E-state index contributed by atoms with van der Waals surface area (Å²) in [6.07, 6.45) is 8.98. The van der Waals surface area contributed by atoms with Crippen LogP contribution >= 0.6 is 8.53 Å². The molecule has 2 N–H and O–H groups in total. The maximum absolute atomic E-state index is 13.5. The molecule has 5 rings (SSSR count). The molecule has 4 aromatic carbocycles. The van der Waals surface area contributed by atoms with E-state index in [2.05, 4.69) is 61.2 Å². The average Bonchev–Trinajstić information content (AvgIpc) is 0.917. The lowest BCUT2D eigenvalue weighted by Crippen LogP contribution is -2.66. The Labute approximate surface area is 523 Å². The van der Waals surface area contributed by atoms with Crippen molar-refractivity contribution in [1.82, 2.24) is 9.99 Å². The summed E-state index contributed by atoms with van der Waals surface area (Å²) >= 11 is 0. The third-order valence-electron chi connectivity index (χ3n) is 14.9. The van der Waals surface area contributed by atoms with E-state index in [1.165, 1.54) is 40.5 Å². The summed E-state index contributed by atoms with van der Waals surface area (Å²) in [6, 6.07) is 34.9. The highest BCUT2D eigenvalue weighted by molar-refractivity contribution is 7.44. The summed E-state index contributed by atoms with van der Waals surface area (Å²) in [4.78, 5) is 61.6. The van der Waals surface area contributed by atoms with Gasteiger partial charge >= 0.3 is 17.9 Å². The quantitative estimate of drug-likeness (QED) is 0.0139. The SMILES string of the molecule is COc1ccc(C(OCC(OP(OCCC#N)N(C(C)C)C(C)C)c2cccc(NC(=O)CCCCCCCCCCCCCCCOC3OC(COC(C)=O)C(OC(C)=O)C(OC(C)=O)C3NC(C)=O)c2)(c2ccccc2)c2ccc(OC)cc2)cc1. The first-order chi connectivity index (χ1) is 42.4. The number of carbonyl (C=O) groups excluding carboxylic acids is 5. The number of nitrogens with zero attached hydrogens (tertiary/aromatic N) is 2. The Morgan fingerprint density at radius 3 is 1.69 bits per heavy atom. The molecule has 0 aliphatic carbocycles. The van der Waals surface area contributed by atoms with E-state index >= 15 is 0 Å². The highest BCUT2D eigenvalue weighted by Crippen LogP contribution is 2.51. The number of unbranched alkanes of at least 4 members (excludes halogenated alkanes) is 12. The van der Waals surface area contributed by atoms with Crippen LogP contribution in [0.15, 0.2) is 103 Å². The summed E-state index contributed by atoms with van der Waals surface area (Å²) in [5, 5.41) is 15.4. The van der Waals surface area contributed by atoms with Crippen LogP contribution in [-0.4, -0.2) is 118 Å². The molecule has 4 aromatic rings. The van der Waals surface area contributed by atoms with Gasteiger partial charge in [0.25, 0.3) is 8.53 Å². The van der Waals surface area contributed by atoms with Gasteiger partial charge in [0.05, 0.1) is 39.9 Å². The lowest BCUT2D eigenvalue weighted by molar-refractivity contribution is -0.277. The number of esters is 3. The zero-order valence-corrected chi connectivity index (χ0v) is 54.2. The molecule has 0 radical (unpaired) electrons. The first-order valence-electron chi connectivity index (χ1n) is 31.1. The number of rotatable bonds is 40. The van der Waals surface area contributed by atoms with Crippen molar-refractivity contribution in [2.75, 3.05) is 46.0 Å². The molecule has 20 heteroatoms. The van der Waals surface area contributed by atoms with Crippen LogP contribution in [0, 0.1) is 11.3 Å². The number of methoxy groups -OCH3 is 2. The molecule has 7 atom stereocenters. The lowest BCUT2D eigenvalue weighted by Gasteiger charge is -2.44. The fourth-order valence-electron chi connectivity index (χ4n) is 10.9. The molecule has 1 saturated heterocycles. The second-order valence-electron chi connectivity index (χ2n) is 22.6. The van der Waals surface area contributed by atoms with E-state index in [4.69, 9.17) is 46.9 Å². The van der Waals surface area contributed by atoms with Crippen LogP contribution in [0.4, 0.5) is 5.69 Å². The van der Waals surface area contributed by atoms with Gasteiger partial charge in [-0.25, -0.2) is 4.67 Å². The van der Waals surface area contributed by atoms with E-state index in [-0.39, 0.29) is 44.2 Å². The Morgan fingerprint density at radius 1 is 0.648 bits per heavy atom. The standard InChI is InChI=1S/C68H95N4O15P/c1-48(2)72(49(3)4)88(83-44-28-42-69)87-61(47-82-68(55-30-23-22-24-31-55,56-34-38-59(78-9)39-35-56)57-36-40-60(79-10)41-37-57)54-29-27-32-58(45-54)71-63(77)33-25-20-18-16-14-12-11-13-15-17-19-21-26-43-80-67-64(70-50(5)73)66(85-53(8)76)65(84-52(7)75)62(86-67)46-81-51(6)74/h22-24,27,29-32,34-41,45,48-49,61-62,64-67H,11-21,25-26,28,33,43-44,46-47H2,1-10H3,(H,70,73)(H,71,77). The minimum absolute atomic E-state index is 0.0508. The molecule has 19 nitrogen and oxygen atoms in total. The van der Waals surface area contributed by atoms with Crippen LogP contribution < -0.4 is 20.1 Å². The largest absolute Gasteiger partial charge is 0.497 e. The van der Waals surface area contributed by atoms with Crippen molar-refractivity contribution in [2.24, 2.45) is 0 Å². The summed E-state index contributed by atoms with van der Waals surface area (Å²) < 4.78 is 62.8. The van der Waals surface area contributed by atoms with Crippen molar-refractivity contribution < 1.29 is 70.9 Å². The number of hydrogen-bond donors (Lipinski definition) is 2. The van der Waals surface area contributed by atoms with Gasteiger partial charge in [0, 0.05) is 58.5 Å². The normalized spacial score (nSPS) is 17.4. The van der Waals surface area contributed by atoms with Crippen LogP contribution in [0.3, 0.4) is 0 Å². The molecule has 482 valence electrons. The van der Waals surface area contributed by atoms with Crippen molar-refractivity contribution in [2.45, 2.75) is 206 Å². The van der Waals surface area contributed by atoms with Gasteiger partial charge in [-0.2, -0.15) is 5.26 Å². The molecule has 1 fully saturated rings. The Balaban J connectivity index is 1.12. The first-order valence-corrected chi connectivity index (χ1v) is 32.2. The van der Waals surface area contributed by atoms with Crippen LogP contribution in [0.5, 0.6) is 11.5 Å². The van der Waals surface area contributed by atoms with Crippen LogP contribution in [-0.2, 0) is 67.0 Å². The zero-order valence-electron chi connectivity index (χ0n) is 53.3. The van der Waals surface area contributed by atoms with E-state index in [1.54, 1.807) is 14.2 Å². The molecular weight excluding hydrogens is 1140 g/mol. The second kappa shape index (κ2) is 38.8. The number of hydrogen-bond acceptors (Lipinski definition) is 17. The summed E-state index contributed by atoms with van der Waals surface area (Å²) in [5.74, 6) is -0.963. The third-order valence-corrected chi connectivity index (χ3v) is 17.1. The van der Waals surface area contributed by atoms with Crippen molar-refractivity contribution in [3.63, 3.8) is 0 Å². The van der Waals surface area contributed by atoms with Gasteiger partial charge < -0.3 is 57.6 Å². The maximum atomic E-state index is 13.5. The Morgan fingerprint density at radius 2 is 1.18 bits per heavy atom. The first kappa shape index (κ1) is 72.3. The van der Waals surface area contributed by atoms with Gasteiger partial charge in [0.1, 0.15) is 42.0 Å². The van der Waals surface area contributed by atoms with Gasteiger partial charge in [-0.05, 0) is 99.2 Å². The molecule has 88 heavy (non-hydrogen) atoms. The zero-order chi connectivity index (χ0) is 63.8. The highest BCUT2D eigenvalue weighted by atomic mass is 31.2. The topological polar surface area (TPSA) is 229 Å². The molecular formula is C68H95N4O15P. The molecule has 1 aliphatic heterocycles. The maximum Gasteiger partial charge on any atom is 0.303 e. The van der Waals surface area contributed by atoms with Crippen molar-refractivity contribution in [3.05, 3.63) is 125 Å². The molecule has 0 aromatic heterocycles. The van der Waals surface area contributed by atoms with Crippen LogP contribution in [0.2, 0.25) is 0 Å². The van der Waals surface area contributed by atoms with Crippen molar-refractivity contribution in [1.29, 1.82) is 5.26 Å². The van der Waals surface area contributed by atoms with Gasteiger partial charge in [-0.1, -0.05) is 137 Å². The monoisotopic (exact) mass is 1240 g/mol. The molecule has 2 amide bonds. The second-order valence-corrected chi connectivity index (χ2v) is 24.0. The molecule has 7 unspecified atom stereocenters. The van der Waals surface area contributed by atoms with Gasteiger partial charge in [0.2, 0.25) is 11.8 Å². The van der Waals surface area contributed by atoms with Gasteiger partial charge in [-0.3, -0.25) is 24.0 Å². The Kier molecular flexibility index (Phi) is 31.9. The minimum Gasteiger partial charge on any atom is -0.497 e.